The molecule has 1 aromatic heterocycles. The monoisotopic (exact) mass is 540 g/mol. The van der Waals surface area contributed by atoms with E-state index >= 15 is 0 Å². The van der Waals surface area contributed by atoms with Gasteiger partial charge < -0.3 is 15.5 Å². The van der Waals surface area contributed by atoms with Gasteiger partial charge in [0.05, 0.1) is 0 Å². The Kier molecular flexibility index (Phi) is 9.61. The van der Waals surface area contributed by atoms with Crippen LogP contribution in [0, 0.1) is 0 Å². The van der Waals surface area contributed by atoms with Crippen LogP contribution in [-0.4, -0.2) is 43.4 Å². The zero-order chi connectivity index (χ0) is 20.7. The lowest BCUT2D eigenvalue weighted by atomic mass is 9.91. The number of halogens is 1. The molecule has 0 saturated carbocycles. The van der Waals surface area contributed by atoms with E-state index in [9.17, 15) is 4.79 Å². The summed E-state index contributed by atoms with van der Waals surface area (Å²) in [5.41, 5.74) is 1.88. The van der Waals surface area contributed by atoms with Gasteiger partial charge in [-0.25, -0.2) is 0 Å². The van der Waals surface area contributed by atoms with Crippen LogP contribution in [0.1, 0.15) is 53.9 Å². The zero-order valence-electron chi connectivity index (χ0n) is 18.1. The number of carbonyl (C=O) groups excluding carboxylic acids is 1. The summed E-state index contributed by atoms with van der Waals surface area (Å²) in [5.74, 6) is 0.911. The lowest BCUT2D eigenvalue weighted by Gasteiger charge is -2.27. The second-order valence-electron chi connectivity index (χ2n) is 8.19. The Labute approximate surface area is 201 Å². The standard InChI is InChI=1S/C23H32N4OS.HI/c1-23(2,20-11-8-14-29-20)17-26-22(24-3)25-16-18-9-7-10-19(15-18)21(28)27-12-5-4-6-13-27;/h7-11,14-15H,4-6,12-13,16-17H2,1-3H3,(H2,24,25,26);1H. The molecule has 7 heteroatoms. The number of piperidine rings is 1. The van der Waals surface area contributed by atoms with Gasteiger partial charge in [-0.1, -0.05) is 32.0 Å². The summed E-state index contributed by atoms with van der Waals surface area (Å²) in [6.45, 7) is 7.63. The SMILES string of the molecule is CN=C(NCc1cccc(C(=O)N2CCCCC2)c1)NCC(C)(C)c1cccs1.I. The van der Waals surface area contributed by atoms with E-state index in [2.05, 4.69) is 47.0 Å². The average Bonchev–Trinajstić information content (AvgIpc) is 3.30. The van der Waals surface area contributed by atoms with E-state index < -0.39 is 0 Å². The first-order chi connectivity index (χ1) is 14.0. The molecule has 1 saturated heterocycles. The molecule has 1 fully saturated rings. The van der Waals surface area contributed by atoms with Gasteiger partial charge in [0, 0.05) is 49.1 Å². The van der Waals surface area contributed by atoms with Gasteiger partial charge in [-0.2, -0.15) is 0 Å². The molecule has 1 aliphatic heterocycles. The van der Waals surface area contributed by atoms with E-state index in [1.165, 1.54) is 11.3 Å². The first-order valence-electron chi connectivity index (χ1n) is 10.4. The van der Waals surface area contributed by atoms with E-state index in [4.69, 9.17) is 0 Å². The second kappa shape index (κ2) is 11.7. The number of nitrogens with zero attached hydrogens (tertiary/aromatic N) is 2. The highest BCUT2D eigenvalue weighted by molar-refractivity contribution is 14.0. The van der Waals surface area contributed by atoms with Crippen LogP contribution in [0.5, 0.6) is 0 Å². The molecule has 1 aliphatic rings. The zero-order valence-corrected chi connectivity index (χ0v) is 21.3. The van der Waals surface area contributed by atoms with Crippen LogP contribution in [0.2, 0.25) is 0 Å². The highest BCUT2D eigenvalue weighted by Crippen LogP contribution is 2.26. The molecule has 0 bridgehead atoms. The molecule has 30 heavy (non-hydrogen) atoms. The van der Waals surface area contributed by atoms with Crippen LogP contribution in [0.15, 0.2) is 46.8 Å². The Balaban J connectivity index is 0.00000320. The van der Waals surface area contributed by atoms with Gasteiger partial charge in [-0.05, 0) is 48.4 Å². The Morgan fingerprint density at radius 3 is 2.57 bits per heavy atom. The number of aliphatic imine (C=N–C) groups is 1. The molecule has 2 aromatic rings. The first-order valence-corrected chi connectivity index (χ1v) is 11.2. The summed E-state index contributed by atoms with van der Waals surface area (Å²) in [6.07, 6.45) is 3.44. The lowest BCUT2D eigenvalue weighted by molar-refractivity contribution is 0.0724. The number of amides is 1. The van der Waals surface area contributed by atoms with Crippen LogP contribution in [0.25, 0.3) is 0 Å². The Bertz CT molecular complexity index is 829. The number of carbonyl (C=O) groups is 1. The molecule has 0 radical (unpaired) electrons. The summed E-state index contributed by atoms with van der Waals surface area (Å²) in [4.78, 5) is 20.4. The molecule has 0 aliphatic carbocycles. The number of hydrogen-bond donors (Lipinski definition) is 2. The smallest absolute Gasteiger partial charge is 0.253 e. The van der Waals surface area contributed by atoms with Crippen molar-refractivity contribution < 1.29 is 4.79 Å². The minimum Gasteiger partial charge on any atom is -0.356 e. The average molecular weight is 541 g/mol. The van der Waals surface area contributed by atoms with Gasteiger partial charge in [0.25, 0.3) is 5.91 Å². The van der Waals surface area contributed by atoms with Gasteiger partial charge in [0.1, 0.15) is 0 Å². The van der Waals surface area contributed by atoms with Gasteiger partial charge in [-0.3, -0.25) is 9.79 Å². The van der Waals surface area contributed by atoms with Crippen molar-refractivity contribution in [2.75, 3.05) is 26.7 Å². The van der Waals surface area contributed by atoms with Crippen LogP contribution in [0.3, 0.4) is 0 Å². The molecule has 2 N–H and O–H groups in total. The van der Waals surface area contributed by atoms with E-state index in [0.717, 1.165) is 49.6 Å². The topological polar surface area (TPSA) is 56.7 Å². The molecule has 1 amide bonds. The predicted molar refractivity (Wildman–Crippen MR) is 137 cm³/mol. The van der Waals surface area contributed by atoms with Gasteiger partial charge in [0.15, 0.2) is 5.96 Å². The maximum absolute atomic E-state index is 12.7. The van der Waals surface area contributed by atoms with Crippen LogP contribution in [-0.2, 0) is 12.0 Å². The number of rotatable bonds is 6. The summed E-state index contributed by atoms with van der Waals surface area (Å²) in [7, 11) is 1.78. The third kappa shape index (κ3) is 6.70. The normalized spacial score (nSPS) is 14.8. The number of likely N-dealkylation sites (tertiary alicyclic amines) is 1. The molecule has 0 spiro atoms. The molecule has 0 unspecified atom stereocenters. The quantitative estimate of drug-likeness (QED) is 0.319. The van der Waals surface area contributed by atoms with Crippen LogP contribution >= 0.6 is 35.3 Å². The number of nitrogens with one attached hydrogen (secondary N) is 2. The summed E-state index contributed by atoms with van der Waals surface area (Å²) < 4.78 is 0. The molecule has 1 aromatic carbocycles. The number of thiophene rings is 1. The molecule has 0 atom stereocenters. The molecular formula is C23H33IN4OS. The molecular weight excluding hydrogens is 507 g/mol. The molecule has 164 valence electrons. The fraction of sp³-hybridized carbons (Fsp3) is 0.478. The fourth-order valence-electron chi connectivity index (χ4n) is 3.56. The minimum absolute atomic E-state index is 0. The van der Waals surface area contributed by atoms with E-state index in [0.29, 0.717) is 6.54 Å². The van der Waals surface area contributed by atoms with Crippen molar-refractivity contribution in [3.05, 3.63) is 57.8 Å². The molecule has 3 rings (SSSR count). The lowest BCUT2D eigenvalue weighted by Crippen LogP contribution is -2.43. The highest BCUT2D eigenvalue weighted by Gasteiger charge is 2.22. The van der Waals surface area contributed by atoms with Gasteiger partial charge >= 0.3 is 0 Å². The van der Waals surface area contributed by atoms with Crippen molar-refractivity contribution >= 4 is 47.2 Å². The largest absolute Gasteiger partial charge is 0.356 e. The molecule has 2 heterocycles. The molecule has 5 nitrogen and oxygen atoms in total. The second-order valence-corrected chi connectivity index (χ2v) is 9.14. The fourth-order valence-corrected chi connectivity index (χ4v) is 4.41. The Hall–Kier alpha value is -1.61. The third-order valence-corrected chi connectivity index (χ3v) is 6.62. The van der Waals surface area contributed by atoms with Crippen molar-refractivity contribution in [2.24, 2.45) is 4.99 Å². The van der Waals surface area contributed by atoms with E-state index in [1.54, 1.807) is 18.4 Å². The first kappa shape index (κ1) is 24.7. The van der Waals surface area contributed by atoms with Crippen molar-refractivity contribution in [2.45, 2.75) is 45.1 Å². The maximum atomic E-state index is 12.7. The van der Waals surface area contributed by atoms with E-state index in [-0.39, 0.29) is 35.3 Å². The minimum atomic E-state index is 0. The number of benzene rings is 1. The van der Waals surface area contributed by atoms with Crippen molar-refractivity contribution in [3.8, 4) is 0 Å². The van der Waals surface area contributed by atoms with Gasteiger partial charge in [0.2, 0.25) is 0 Å². The summed E-state index contributed by atoms with van der Waals surface area (Å²) >= 11 is 1.78. The van der Waals surface area contributed by atoms with E-state index in [1.807, 2.05) is 29.2 Å². The number of hydrogen-bond acceptors (Lipinski definition) is 3. The maximum Gasteiger partial charge on any atom is 0.253 e. The van der Waals surface area contributed by atoms with Crippen molar-refractivity contribution in [3.63, 3.8) is 0 Å². The Morgan fingerprint density at radius 1 is 1.13 bits per heavy atom. The highest BCUT2D eigenvalue weighted by atomic mass is 127. The van der Waals surface area contributed by atoms with Crippen LogP contribution in [0.4, 0.5) is 0 Å². The number of guanidine groups is 1. The van der Waals surface area contributed by atoms with Gasteiger partial charge in [-0.15, -0.1) is 35.3 Å². The van der Waals surface area contributed by atoms with Crippen molar-refractivity contribution in [1.29, 1.82) is 0 Å². The summed E-state index contributed by atoms with van der Waals surface area (Å²) in [6, 6.07) is 12.2. The third-order valence-electron chi connectivity index (χ3n) is 5.39. The van der Waals surface area contributed by atoms with Crippen LogP contribution < -0.4 is 10.6 Å². The predicted octanol–water partition coefficient (Wildman–Crippen LogP) is 4.64. The summed E-state index contributed by atoms with van der Waals surface area (Å²) in [5, 5.41) is 8.91. The van der Waals surface area contributed by atoms with Crippen molar-refractivity contribution in [1.82, 2.24) is 15.5 Å². The Morgan fingerprint density at radius 2 is 1.90 bits per heavy atom.